The first-order valence-electron chi connectivity index (χ1n) is 7.70. The zero-order chi connectivity index (χ0) is 16.4. The summed E-state index contributed by atoms with van der Waals surface area (Å²) in [5.74, 6) is 0.357. The van der Waals surface area contributed by atoms with Crippen LogP contribution in [0.25, 0.3) is 0 Å². The van der Waals surface area contributed by atoms with E-state index in [1.807, 2.05) is 6.92 Å². The molecule has 1 spiro atoms. The molecule has 1 aromatic rings. The van der Waals surface area contributed by atoms with Crippen LogP contribution < -0.4 is 15.4 Å². The highest BCUT2D eigenvalue weighted by Crippen LogP contribution is 2.26. The van der Waals surface area contributed by atoms with Gasteiger partial charge in [-0.2, -0.15) is 0 Å². The van der Waals surface area contributed by atoms with Gasteiger partial charge in [0.15, 0.2) is 0 Å². The molecule has 0 saturated carbocycles. The molecule has 7 nitrogen and oxygen atoms in total. The summed E-state index contributed by atoms with van der Waals surface area (Å²) >= 11 is 0. The van der Waals surface area contributed by atoms with E-state index in [0.29, 0.717) is 38.1 Å². The predicted molar refractivity (Wildman–Crippen MR) is 82.2 cm³/mol. The number of benzene rings is 1. The van der Waals surface area contributed by atoms with Crippen LogP contribution in [0.4, 0.5) is 4.79 Å². The lowest BCUT2D eigenvalue weighted by atomic mass is 9.87. The average Bonchev–Trinajstić information content (AvgIpc) is 2.82. The first kappa shape index (κ1) is 15.3. The van der Waals surface area contributed by atoms with Crippen LogP contribution in [0.15, 0.2) is 24.3 Å². The van der Waals surface area contributed by atoms with E-state index in [1.54, 1.807) is 29.2 Å². The van der Waals surface area contributed by atoms with Gasteiger partial charge in [0, 0.05) is 18.7 Å². The van der Waals surface area contributed by atoms with E-state index in [0.717, 1.165) is 5.75 Å². The van der Waals surface area contributed by atoms with Crippen LogP contribution in [0.3, 0.4) is 0 Å². The van der Waals surface area contributed by atoms with Crippen molar-refractivity contribution < 1.29 is 19.1 Å². The molecule has 7 heteroatoms. The van der Waals surface area contributed by atoms with Gasteiger partial charge in [0.05, 0.1) is 6.61 Å². The number of piperidine rings is 1. The van der Waals surface area contributed by atoms with Crippen molar-refractivity contribution >= 4 is 17.8 Å². The second kappa shape index (κ2) is 5.91. The number of imide groups is 1. The third-order valence-corrected chi connectivity index (χ3v) is 4.33. The number of ether oxygens (including phenoxy) is 1. The Bertz CT molecular complexity index is 633. The number of hydrogen-bond acceptors (Lipinski definition) is 4. The second-order valence-corrected chi connectivity index (χ2v) is 5.74. The monoisotopic (exact) mass is 317 g/mol. The Kier molecular flexibility index (Phi) is 3.94. The van der Waals surface area contributed by atoms with Crippen LogP contribution in [-0.2, 0) is 4.79 Å². The maximum absolute atomic E-state index is 12.5. The summed E-state index contributed by atoms with van der Waals surface area (Å²) in [6.45, 7) is 3.34. The molecule has 1 aromatic carbocycles. The first-order valence-corrected chi connectivity index (χ1v) is 7.70. The number of rotatable bonds is 3. The highest BCUT2D eigenvalue weighted by molar-refractivity contribution is 6.07. The Morgan fingerprint density at radius 1 is 1.22 bits per heavy atom. The minimum atomic E-state index is -0.854. The lowest BCUT2D eigenvalue weighted by Crippen LogP contribution is -2.55. The Morgan fingerprint density at radius 3 is 2.39 bits per heavy atom. The molecule has 0 bridgehead atoms. The fourth-order valence-electron chi connectivity index (χ4n) is 3.01. The molecule has 0 radical (unpaired) electrons. The van der Waals surface area contributed by atoms with Crippen LogP contribution in [0, 0.1) is 0 Å². The maximum Gasteiger partial charge on any atom is 0.322 e. The molecule has 0 unspecified atom stereocenters. The van der Waals surface area contributed by atoms with Crippen LogP contribution in [-0.4, -0.2) is 48.0 Å². The summed E-state index contributed by atoms with van der Waals surface area (Å²) < 4.78 is 5.36. The fraction of sp³-hybridized carbons (Fsp3) is 0.438. The molecule has 0 atom stereocenters. The highest BCUT2D eigenvalue weighted by atomic mass is 16.5. The van der Waals surface area contributed by atoms with Crippen LogP contribution >= 0.6 is 0 Å². The Labute approximate surface area is 134 Å². The van der Waals surface area contributed by atoms with Crippen molar-refractivity contribution in [3.8, 4) is 5.75 Å². The van der Waals surface area contributed by atoms with Gasteiger partial charge in [-0.15, -0.1) is 0 Å². The van der Waals surface area contributed by atoms with Crippen LogP contribution in [0.1, 0.15) is 30.1 Å². The molecule has 2 heterocycles. The van der Waals surface area contributed by atoms with Crippen molar-refractivity contribution in [3.05, 3.63) is 29.8 Å². The van der Waals surface area contributed by atoms with Crippen molar-refractivity contribution in [2.24, 2.45) is 0 Å². The second-order valence-electron chi connectivity index (χ2n) is 5.74. The molecule has 23 heavy (non-hydrogen) atoms. The van der Waals surface area contributed by atoms with Gasteiger partial charge < -0.3 is 15.0 Å². The third kappa shape index (κ3) is 2.86. The smallest absolute Gasteiger partial charge is 0.322 e. The number of amides is 4. The molecule has 2 N–H and O–H groups in total. The maximum atomic E-state index is 12.5. The Balaban J connectivity index is 1.64. The molecule has 0 aromatic heterocycles. The van der Waals surface area contributed by atoms with Crippen molar-refractivity contribution in [1.82, 2.24) is 15.5 Å². The number of carbonyl (C=O) groups is 3. The van der Waals surface area contributed by atoms with Crippen molar-refractivity contribution in [2.45, 2.75) is 25.3 Å². The van der Waals surface area contributed by atoms with Gasteiger partial charge in [-0.3, -0.25) is 14.9 Å². The molecule has 2 fully saturated rings. The van der Waals surface area contributed by atoms with E-state index in [4.69, 9.17) is 4.74 Å². The fourth-order valence-corrected chi connectivity index (χ4v) is 3.01. The van der Waals surface area contributed by atoms with E-state index in [1.165, 1.54) is 0 Å². The molecule has 2 aliphatic rings. The lowest BCUT2D eigenvalue weighted by molar-refractivity contribution is -0.125. The number of urea groups is 1. The summed E-state index contributed by atoms with van der Waals surface area (Å²) in [6, 6.07) is 6.56. The van der Waals surface area contributed by atoms with E-state index in [-0.39, 0.29) is 11.8 Å². The lowest BCUT2D eigenvalue weighted by Gasteiger charge is -2.37. The van der Waals surface area contributed by atoms with Gasteiger partial charge in [-0.1, -0.05) is 0 Å². The first-order chi connectivity index (χ1) is 11.0. The summed E-state index contributed by atoms with van der Waals surface area (Å²) in [6.07, 6.45) is 0.848. The highest BCUT2D eigenvalue weighted by Gasteiger charge is 2.48. The van der Waals surface area contributed by atoms with Crippen LogP contribution in [0.2, 0.25) is 0 Å². The van der Waals surface area contributed by atoms with E-state index < -0.39 is 11.6 Å². The molecular formula is C16H19N3O4. The Hall–Kier alpha value is -2.57. The number of nitrogens with one attached hydrogen (secondary N) is 2. The molecule has 4 amide bonds. The standard InChI is InChI=1S/C16H19N3O4/c1-2-23-12-5-3-11(4-6-12)13(20)19-9-7-16(8-10-19)14(21)17-15(22)18-16/h3-6H,2,7-10H2,1H3,(H2,17,18,21,22). The van der Waals surface area contributed by atoms with Gasteiger partial charge in [-0.25, -0.2) is 4.79 Å². The molecule has 2 aliphatic heterocycles. The Morgan fingerprint density at radius 2 is 1.87 bits per heavy atom. The molecule has 122 valence electrons. The van der Waals surface area contributed by atoms with Gasteiger partial charge >= 0.3 is 6.03 Å². The zero-order valence-corrected chi connectivity index (χ0v) is 12.9. The summed E-state index contributed by atoms with van der Waals surface area (Å²) in [5.41, 5.74) is -0.267. The van der Waals surface area contributed by atoms with Crippen molar-refractivity contribution in [3.63, 3.8) is 0 Å². The molecule has 3 rings (SSSR count). The van der Waals surface area contributed by atoms with Gasteiger partial charge in [0.2, 0.25) is 0 Å². The van der Waals surface area contributed by atoms with Crippen molar-refractivity contribution in [2.75, 3.05) is 19.7 Å². The quantitative estimate of drug-likeness (QED) is 0.811. The van der Waals surface area contributed by atoms with Gasteiger partial charge in [0.1, 0.15) is 11.3 Å². The number of nitrogens with zero attached hydrogens (tertiary/aromatic N) is 1. The summed E-state index contributed by atoms with van der Waals surface area (Å²) in [7, 11) is 0. The number of hydrogen-bond donors (Lipinski definition) is 2. The average molecular weight is 317 g/mol. The SMILES string of the molecule is CCOc1ccc(C(=O)N2CCC3(CC2)NC(=O)NC3=O)cc1. The predicted octanol–water partition coefficient (Wildman–Crippen LogP) is 0.899. The largest absolute Gasteiger partial charge is 0.494 e. The summed E-state index contributed by atoms with van der Waals surface area (Å²) in [4.78, 5) is 37.4. The molecular weight excluding hydrogens is 298 g/mol. The van der Waals surface area contributed by atoms with Gasteiger partial charge in [0.25, 0.3) is 11.8 Å². The minimum absolute atomic E-state index is 0.0763. The topological polar surface area (TPSA) is 87.7 Å². The minimum Gasteiger partial charge on any atom is -0.494 e. The molecule has 0 aliphatic carbocycles. The van der Waals surface area contributed by atoms with E-state index in [9.17, 15) is 14.4 Å². The number of carbonyl (C=O) groups excluding carboxylic acids is 3. The zero-order valence-electron chi connectivity index (χ0n) is 12.9. The third-order valence-electron chi connectivity index (χ3n) is 4.33. The normalized spacial score (nSPS) is 19.4. The van der Waals surface area contributed by atoms with Crippen molar-refractivity contribution in [1.29, 1.82) is 0 Å². The van der Waals surface area contributed by atoms with Gasteiger partial charge in [-0.05, 0) is 44.0 Å². The number of likely N-dealkylation sites (tertiary alicyclic amines) is 1. The van der Waals surface area contributed by atoms with E-state index in [2.05, 4.69) is 10.6 Å². The summed E-state index contributed by atoms with van der Waals surface area (Å²) in [5, 5.41) is 4.95. The van der Waals surface area contributed by atoms with Crippen LogP contribution in [0.5, 0.6) is 5.75 Å². The van der Waals surface area contributed by atoms with E-state index >= 15 is 0 Å². The molecule has 2 saturated heterocycles.